The summed E-state index contributed by atoms with van der Waals surface area (Å²) in [5, 5.41) is 0. The van der Waals surface area contributed by atoms with E-state index in [4.69, 9.17) is 5.73 Å². The number of carbonyl (C=O) groups excluding carboxylic acids is 1. The number of rotatable bonds is 3. The molecule has 1 heterocycles. The highest BCUT2D eigenvalue weighted by molar-refractivity contribution is 5.82. The third-order valence-electron chi connectivity index (χ3n) is 4.06. The number of hydrogen-bond donors (Lipinski definition) is 1. The molecule has 1 fully saturated rings. The van der Waals surface area contributed by atoms with Gasteiger partial charge in [-0.3, -0.25) is 9.69 Å². The SMILES string of the molecule is CC(C)(C)CCN1CCN(C(=O)[C@@H](N)C(C)(C)C)CC1. The van der Waals surface area contributed by atoms with Crippen LogP contribution < -0.4 is 5.73 Å². The molecule has 1 saturated heterocycles. The minimum absolute atomic E-state index is 0.105. The van der Waals surface area contributed by atoms with Crippen molar-refractivity contribution in [3.63, 3.8) is 0 Å². The molecule has 0 aromatic rings. The zero-order chi connectivity index (χ0) is 15.6. The second-order valence-corrected chi connectivity index (χ2v) is 8.32. The Balaban J connectivity index is 2.41. The standard InChI is InChI=1S/C16H33N3O/c1-15(2,3)7-8-18-9-11-19(12-10-18)14(20)13(17)16(4,5)6/h13H,7-12,17H2,1-6H3/t13-/m1/s1. The van der Waals surface area contributed by atoms with E-state index in [1.807, 2.05) is 25.7 Å². The fraction of sp³-hybridized carbons (Fsp3) is 0.938. The number of nitrogens with two attached hydrogens (primary N) is 1. The number of piperazine rings is 1. The van der Waals surface area contributed by atoms with Crippen molar-refractivity contribution < 1.29 is 4.79 Å². The molecule has 1 aliphatic heterocycles. The maximum Gasteiger partial charge on any atom is 0.240 e. The highest BCUT2D eigenvalue weighted by Gasteiger charge is 2.32. The van der Waals surface area contributed by atoms with Crippen LogP contribution in [-0.2, 0) is 4.79 Å². The quantitative estimate of drug-likeness (QED) is 0.861. The van der Waals surface area contributed by atoms with Crippen molar-refractivity contribution in [3.8, 4) is 0 Å². The van der Waals surface area contributed by atoms with Crippen molar-refractivity contribution in [1.82, 2.24) is 9.80 Å². The molecule has 0 unspecified atom stereocenters. The van der Waals surface area contributed by atoms with E-state index in [2.05, 4.69) is 25.7 Å². The summed E-state index contributed by atoms with van der Waals surface area (Å²) in [4.78, 5) is 16.7. The van der Waals surface area contributed by atoms with E-state index in [0.717, 1.165) is 32.7 Å². The summed E-state index contributed by atoms with van der Waals surface area (Å²) < 4.78 is 0. The molecule has 118 valence electrons. The maximum atomic E-state index is 12.4. The van der Waals surface area contributed by atoms with Crippen molar-refractivity contribution in [3.05, 3.63) is 0 Å². The van der Waals surface area contributed by atoms with E-state index in [1.54, 1.807) is 0 Å². The summed E-state index contributed by atoms with van der Waals surface area (Å²) >= 11 is 0. The first kappa shape index (κ1) is 17.4. The molecule has 0 aliphatic carbocycles. The average Bonchev–Trinajstić information content (AvgIpc) is 2.33. The molecular weight excluding hydrogens is 250 g/mol. The van der Waals surface area contributed by atoms with E-state index in [1.165, 1.54) is 6.42 Å². The van der Waals surface area contributed by atoms with Crippen molar-refractivity contribution in [2.24, 2.45) is 16.6 Å². The van der Waals surface area contributed by atoms with Crippen LogP contribution in [-0.4, -0.2) is 54.5 Å². The maximum absolute atomic E-state index is 12.4. The molecule has 0 aromatic carbocycles. The zero-order valence-corrected chi connectivity index (χ0v) is 14.2. The van der Waals surface area contributed by atoms with Gasteiger partial charge < -0.3 is 10.6 Å². The fourth-order valence-corrected chi connectivity index (χ4v) is 2.25. The molecule has 20 heavy (non-hydrogen) atoms. The van der Waals surface area contributed by atoms with Gasteiger partial charge in [0, 0.05) is 26.2 Å². The predicted molar refractivity (Wildman–Crippen MR) is 84.5 cm³/mol. The predicted octanol–water partition coefficient (Wildman–Crippen LogP) is 1.94. The van der Waals surface area contributed by atoms with Gasteiger partial charge in [-0.1, -0.05) is 41.5 Å². The molecule has 0 aromatic heterocycles. The lowest BCUT2D eigenvalue weighted by molar-refractivity contribution is -0.136. The number of carbonyl (C=O) groups is 1. The van der Waals surface area contributed by atoms with Gasteiger partial charge in [0.2, 0.25) is 5.91 Å². The largest absolute Gasteiger partial charge is 0.339 e. The summed E-state index contributed by atoms with van der Waals surface area (Å²) in [5.41, 5.74) is 6.28. The third kappa shape index (κ3) is 5.41. The van der Waals surface area contributed by atoms with Crippen molar-refractivity contribution >= 4 is 5.91 Å². The lowest BCUT2D eigenvalue weighted by atomic mass is 9.86. The van der Waals surface area contributed by atoms with Gasteiger partial charge in [-0.25, -0.2) is 0 Å². The topological polar surface area (TPSA) is 49.6 Å². The van der Waals surface area contributed by atoms with Crippen LogP contribution in [0.1, 0.15) is 48.0 Å². The van der Waals surface area contributed by atoms with E-state index < -0.39 is 6.04 Å². The van der Waals surface area contributed by atoms with Crippen LogP contribution in [0.4, 0.5) is 0 Å². The Morgan fingerprint density at radius 3 is 1.95 bits per heavy atom. The Morgan fingerprint density at radius 2 is 1.55 bits per heavy atom. The first-order valence-electron chi connectivity index (χ1n) is 7.77. The van der Waals surface area contributed by atoms with Crippen LogP contribution in [0.2, 0.25) is 0 Å². The van der Waals surface area contributed by atoms with Gasteiger partial charge >= 0.3 is 0 Å². The van der Waals surface area contributed by atoms with Crippen molar-refractivity contribution in [2.75, 3.05) is 32.7 Å². The van der Waals surface area contributed by atoms with Crippen LogP contribution in [0.25, 0.3) is 0 Å². The molecule has 0 saturated carbocycles. The molecule has 1 amide bonds. The second kappa shape index (κ2) is 6.44. The van der Waals surface area contributed by atoms with E-state index in [0.29, 0.717) is 5.41 Å². The van der Waals surface area contributed by atoms with Gasteiger partial charge in [0.25, 0.3) is 0 Å². The van der Waals surface area contributed by atoms with Crippen LogP contribution in [0.5, 0.6) is 0 Å². The number of hydrogen-bond acceptors (Lipinski definition) is 3. The molecule has 1 rings (SSSR count). The minimum Gasteiger partial charge on any atom is -0.339 e. The van der Waals surface area contributed by atoms with Crippen LogP contribution in [0, 0.1) is 10.8 Å². The van der Waals surface area contributed by atoms with Gasteiger partial charge in [-0.05, 0) is 23.8 Å². The molecule has 1 atom stereocenters. The molecule has 0 radical (unpaired) electrons. The van der Waals surface area contributed by atoms with E-state index >= 15 is 0 Å². The summed E-state index contributed by atoms with van der Waals surface area (Å²) in [6.45, 7) is 17.6. The lowest BCUT2D eigenvalue weighted by Gasteiger charge is -2.38. The highest BCUT2D eigenvalue weighted by Crippen LogP contribution is 2.21. The molecular formula is C16H33N3O. The first-order valence-corrected chi connectivity index (χ1v) is 7.77. The Labute approximate surface area is 124 Å². The Kier molecular flexibility index (Phi) is 5.61. The van der Waals surface area contributed by atoms with Gasteiger partial charge in [-0.2, -0.15) is 0 Å². The molecule has 0 spiro atoms. The Morgan fingerprint density at radius 1 is 1.05 bits per heavy atom. The Hall–Kier alpha value is -0.610. The van der Waals surface area contributed by atoms with Crippen molar-refractivity contribution in [1.29, 1.82) is 0 Å². The summed E-state index contributed by atoms with van der Waals surface area (Å²) in [5.74, 6) is 0.105. The van der Waals surface area contributed by atoms with Crippen LogP contribution in [0.15, 0.2) is 0 Å². The van der Waals surface area contributed by atoms with Gasteiger partial charge in [0.1, 0.15) is 0 Å². The Bertz CT molecular complexity index is 320. The van der Waals surface area contributed by atoms with Gasteiger partial charge in [0.05, 0.1) is 6.04 Å². The van der Waals surface area contributed by atoms with Gasteiger partial charge in [0.15, 0.2) is 0 Å². The molecule has 1 aliphatic rings. The first-order chi connectivity index (χ1) is 9.00. The van der Waals surface area contributed by atoms with Crippen LogP contribution >= 0.6 is 0 Å². The highest BCUT2D eigenvalue weighted by atomic mass is 16.2. The molecule has 2 N–H and O–H groups in total. The normalized spacial score (nSPS) is 20.1. The summed E-state index contributed by atoms with van der Waals surface area (Å²) in [6.07, 6.45) is 1.20. The molecule has 4 nitrogen and oxygen atoms in total. The lowest BCUT2D eigenvalue weighted by Crippen LogP contribution is -2.56. The third-order valence-corrected chi connectivity index (χ3v) is 4.06. The van der Waals surface area contributed by atoms with E-state index in [-0.39, 0.29) is 11.3 Å². The molecule has 4 heteroatoms. The van der Waals surface area contributed by atoms with Crippen LogP contribution in [0.3, 0.4) is 0 Å². The monoisotopic (exact) mass is 283 g/mol. The smallest absolute Gasteiger partial charge is 0.240 e. The second-order valence-electron chi connectivity index (χ2n) is 8.32. The molecule has 0 bridgehead atoms. The zero-order valence-electron chi connectivity index (χ0n) is 14.2. The summed E-state index contributed by atoms with van der Waals surface area (Å²) in [6, 6.07) is -0.399. The number of nitrogens with zero attached hydrogens (tertiary/aromatic N) is 2. The average molecular weight is 283 g/mol. The van der Waals surface area contributed by atoms with E-state index in [9.17, 15) is 4.79 Å². The van der Waals surface area contributed by atoms with Gasteiger partial charge in [-0.15, -0.1) is 0 Å². The fourth-order valence-electron chi connectivity index (χ4n) is 2.25. The number of amides is 1. The van der Waals surface area contributed by atoms with Crippen molar-refractivity contribution in [2.45, 2.75) is 54.0 Å². The minimum atomic E-state index is -0.399. The summed E-state index contributed by atoms with van der Waals surface area (Å²) in [7, 11) is 0.